The number of carbonyl (C=O) groups is 1. The molecule has 3 N–H and O–H groups in total. The van der Waals surface area contributed by atoms with Gasteiger partial charge >= 0.3 is 5.97 Å². The summed E-state index contributed by atoms with van der Waals surface area (Å²) < 4.78 is 4.99. The minimum atomic E-state index is -0.542. The summed E-state index contributed by atoms with van der Waals surface area (Å²) in [5.41, 5.74) is 0. The molecule has 0 aliphatic heterocycles. The lowest BCUT2D eigenvalue weighted by molar-refractivity contribution is -0.146. The van der Waals surface area contributed by atoms with Gasteiger partial charge in [-0.3, -0.25) is 4.79 Å². The zero-order valence-corrected chi connectivity index (χ0v) is 16.1. The molecule has 5 nitrogen and oxygen atoms in total. The molecule has 5 heteroatoms. The maximum Gasteiger partial charge on any atom is 0.305 e. The van der Waals surface area contributed by atoms with Crippen molar-refractivity contribution in [2.24, 2.45) is 0 Å². The van der Waals surface area contributed by atoms with Crippen molar-refractivity contribution >= 4 is 5.97 Å². The average Bonchev–Trinajstić information content (AvgIpc) is 2.61. The molecule has 0 saturated carbocycles. The van der Waals surface area contributed by atoms with Gasteiger partial charge in [-0.2, -0.15) is 0 Å². The summed E-state index contributed by atoms with van der Waals surface area (Å²) in [4.78, 5) is 11.4. The molecule has 0 bridgehead atoms. The molecule has 0 aromatic heterocycles. The van der Waals surface area contributed by atoms with Crippen LogP contribution in [-0.2, 0) is 9.53 Å². The number of aliphatic hydroxyl groups excluding tert-OH is 3. The lowest BCUT2D eigenvalue weighted by Crippen LogP contribution is -2.17. The number of hydrogen-bond donors (Lipinski definition) is 3. The minimum Gasteiger partial charge on any atom is -0.463 e. The van der Waals surface area contributed by atoms with Gasteiger partial charge in [-0.05, 0) is 32.1 Å². The van der Waals surface area contributed by atoms with E-state index in [1.165, 1.54) is 0 Å². The Kier molecular flexibility index (Phi) is 17.7. The van der Waals surface area contributed by atoms with Gasteiger partial charge in [0.05, 0.1) is 12.2 Å². The number of carbonyl (C=O) groups excluding carboxylic acids is 1. The standard InChI is InChI=1S/C20H40O5/c1-2-18(22)17-25-20(24)15-11-6-4-3-5-9-13-19(23)14-10-7-8-12-16-21/h18-19,21-23H,2-17H2,1H3. The second-order valence-electron chi connectivity index (χ2n) is 6.99. The van der Waals surface area contributed by atoms with Crippen LogP contribution in [0.1, 0.15) is 96.8 Å². The Labute approximate surface area is 153 Å². The Morgan fingerprint density at radius 3 is 1.88 bits per heavy atom. The van der Waals surface area contributed by atoms with Crippen molar-refractivity contribution in [3.8, 4) is 0 Å². The first kappa shape index (κ1) is 24.4. The summed E-state index contributed by atoms with van der Waals surface area (Å²) in [6.45, 7) is 2.24. The first-order valence-corrected chi connectivity index (χ1v) is 10.2. The maximum absolute atomic E-state index is 11.4. The molecule has 25 heavy (non-hydrogen) atoms. The second kappa shape index (κ2) is 18.2. The third-order valence-electron chi connectivity index (χ3n) is 4.52. The first-order chi connectivity index (χ1) is 12.1. The Morgan fingerprint density at radius 2 is 1.32 bits per heavy atom. The van der Waals surface area contributed by atoms with Crippen molar-refractivity contribution in [1.82, 2.24) is 0 Å². The monoisotopic (exact) mass is 360 g/mol. The molecule has 0 rings (SSSR count). The van der Waals surface area contributed by atoms with Crippen LogP contribution < -0.4 is 0 Å². The summed E-state index contributed by atoms with van der Waals surface area (Å²) in [5.74, 6) is -0.213. The molecular weight excluding hydrogens is 320 g/mol. The van der Waals surface area contributed by atoms with Crippen molar-refractivity contribution in [2.75, 3.05) is 13.2 Å². The minimum absolute atomic E-state index is 0.110. The lowest BCUT2D eigenvalue weighted by Gasteiger charge is -2.10. The largest absolute Gasteiger partial charge is 0.463 e. The van der Waals surface area contributed by atoms with Crippen LogP contribution in [0.4, 0.5) is 0 Å². The molecule has 0 radical (unpaired) electrons. The summed E-state index contributed by atoms with van der Waals surface area (Å²) in [6.07, 6.45) is 12.5. The zero-order valence-electron chi connectivity index (χ0n) is 16.1. The molecule has 0 saturated heterocycles. The molecule has 0 aliphatic rings. The van der Waals surface area contributed by atoms with E-state index in [-0.39, 0.29) is 25.3 Å². The van der Waals surface area contributed by atoms with Crippen LogP contribution in [0.15, 0.2) is 0 Å². The van der Waals surface area contributed by atoms with E-state index < -0.39 is 6.10 Å². The topological polar surface area (TPSA) is 87.0 Å². The summed E-state index contributed by atoms with van der Waals surface area (Å²) in [7, 11) is 0. The quantitative estimate of drug-likeness (QED) is 0.256. The summed E-state index contributed by atoms with van der Waals surface area (Å²) in [6, 6.07) is 0. The average molecular weight is 361 g/mol. The third-order valence-corrected chi connectivity index (χ3v) is 4.52. The number of unbranched alkanes of at least 4 members (excludes halogenated alkanes) is 8. The third kappa shape index (κ3) is 18.0. The molecule has 2 unspecified atom stereocenters. The van der Waals surface area contributed by atoms with Gasteiger partial charge < -0.3 is 20.1 Å². The maximum atomic E-state index is 11.4. The van der Waals surface area contributed by atoms with Gasteiger partial charge in [0.25, 0.3) is 0 Å². The van der Waals surface area contributed by atoms with Crippen molar-refractivity contribution in [3.63, 3.8) is 0 Å². The molecule has 0 aromatic carbocycles. The van der Waals surface area contributed by atoms with Gasteiger partial charge in [0.15, 0.2) is 0 Å². The van der Waals surface area contributed by atoms with E-state index in [0.717, 1.165) is 77.0 Å². The van der Waals surface area contributed by atoms with E-state index in [9.17, 15) is 15.0 Å². The van der Waals surface area contributed by atoms with E-state index in [1.54, 1.807) is 0 Å². The fourth-order valence-corrected chi connectivity index (χ4v) is 2.73. The predicted molar refractivity (Wildman–Crippen MR) is 100 cm³/mol. The second-order valence-corrected chi connectivity index (χ2v) is 6.99. The van der Waals surface area contributed by atoms with Crippen LogP contribution >= 0.6 is 0 Å². The number of ether oxygens (including phenoxy) is 1. The molecular formula is C20H40O5. The molecule has 0 heterocycles. The van der Waals surface area contributed by atoms with Crippen LogP contribution in [0.5, 0.6) is 0 Å². The van der Waals surface area contributed by atoms with E-state index in [2.05, 4.69) is 0 Å². The van der Waals surface area contributed by atoms with Crippen molar-refractivity contribution in [2.45, 2.75) is 109 Å². The van der Waals surface area contributed by atoms with Crippen molar-refractivity contribution in [1.29, 1.82) is 0 Å². The fraction of sp³-hybridized carbons (Fsp3) is 0.950. The van der Waals surface area contributed by atoms with Crippen molar-refractivity contribution in [3.05, 3.63) is 0 Å². The normalized spacial score (nSPS) is 13.6. The lowest BCUT2D eigenvalue weighted by atomic mass is 10.0. The molecule has 0 aromatic rings. The van der Waals surface area contributed by atoms with Gasteiger partial charge in [0.2, 0.25) is 0 Å². The Morgan fingerprint density at radius 1 is 0.800 bits per heavy atom. The molecule has 2 atom stereocenters. The van der Waals surface area contributed by atoms with Gasteiger partial charge in [-0.15, -0.1) is 0 Å². The van der Waals surface area contributed by atoms with Gasteiger partial charge in [0, 0.05) is 13.0 Å². The zero-order chi connectivity index (χ0) is 18.8. The number of esters is 1. The highest BCUT2D eigenvalue weighted by Gasteiger charge is 2.07. The molecule has 0 fully saturated rings. The van der Waals surface area contributed by atoms with Gasteiger partial charge in [-0.25, -0.2) is 0 Å². The first-order valence-electron chi connectivity index (χ1n) is 10.2. The molecule has 0 amide bonds. The molecule has 0 aliphatic carbocycles. The predicted octanol–water partition coefficient (Wildman–Crippen LogP) is 3.73. The highest BCUT2D eigenvalue weighted by Crippen LogP contribution is 2.13. The highest BCUT2D eigenvalue weighted by atomic mass is 16.5. The van der Waals surface area contributed by atoms with Crippen LogP contribution in [-0.4, -0.2) is 46.7 Å². The Bertz CT molecular complexity index is 296. The van der Waals surface area contributed by atoms with E-state index in [4.69, 9.17) is 9.84 Å². The Balaban J connectivity index is 3.28. The molecule has 0 spiro atoms. The van der Waals surface area contributed by atoms with Crippen LogP contribution in [0.3, 0.4) is 0 Å². The van der Waals surface area contributed by atoms with Crippen LogP contribution in [0.25, 0.3) is 0 Å². The number of hydrogen-bond acceptors (Lipinski definition) is 5. The van der Waals surface area contributed by atoms with Crippen LogP contribution in [0, 0.1) is 0 Å². The highest BCUT2D eigenvalue weighted by molar-refractivity contribution is 5.69. The number of aliphatic hydroxyl groups is 3. The van der Waals surface area contributed by atoms with Gasteiger partial charge in [-0.1, -0.05) is 58.3 Å². The van der Waals surface area contributed by atoms with E-state index in [0.29, 0.717) is 12.8 Å². The van der Waals surface area contributed by atoms with E-state index in [1.807, 2.05) is 6.92 Å². The summed E-state index contributed by atoms with van der Waals surface area (Å²) >= 11 is 0. The molecule has 150 valence electrons. The smallest absolute Gasteiger partial charge is 0.305 e. The van der Waals surface area contributed by atoms with Crippen LogP contribution in [0.2, 0.25) is 0 Å². The summed E-state index contributed by atoms with van der Waals surface area (Å²) in [5, 5.41) is 27.9. The van der Waals surface area contributed by atoms with Gasteiger partial charge in [0.1, 0.15) is 6.61 Å². The Hall–Kier alpha value is -0.650. The SMILES string of the molecule is CCC(O)COC(=O)CCCCCCCCC(O)CCCCCCO. The fourth-order valence-electron chi connectivity index (χ4n) is 2.73. The van der Waals surface area contributed by atoms with Crippen molar-refractivity contribution < 1.29 is 24.9 Å². The van der Waals surface area contributed by atoms with E-state index >= 15 is 0 Å². The number of rotatable bonds is 18.